The number of hydroxylamine groups is 1. The zero-order valence-electron chi connectivity index (χ0n) is 11.2. The molecule has 1 saturated heterocycles. The smallest absolute Gasteiger partial charge is 0.147 e. The largest absolute Gasteiger partial charge is 0.298 e. The van der Waals surface area contributed by atoms with Crippen LogP contribution in [0.5, 0.6) is 0 Å². The van der Waals surface area contributed by atoms with Gasteiger partial charge in [0.25, 0.3) is 0 Å². The van der Waals surface area contributed by atoms with Crippen molar-refractivity contribution < 1.29 is 9.63 Å². The maximum atomic E-state index is 11.4. The number of hydrogen-bond acceptors (Lipinski definition) is 4. The van der Waals surface area contributed by atoms with Gasteiger partial charge in [0.1, 0.15) is 5.78 Å². The number of benzene rings is 1. The van der Waals surface area contributed by atoms with Crippen molar-refractivity contribution >= 4 is 15.2 Å². The first-order chi connectivity index (χ1) is 9.16. The van der Waals surface area contributed by atoms with Crippen molar-refractivity contribution in [3.05, 3.63) is 35.9 Å². The van der Waals surface area contributed by atoms with Crippen molar-refractivity contribution in [3.63, 3.8) is 0 Å². The Balaban J connectivity index is 1.72. The molecule has 1 fully saturated rings. The minimum absolute atomic E-state index is 0.0390. The minimum atomic E-state index is 0.0390. The molecular weight excluding hydrogens is 259 g/mol. The van der Waals surface area contributed by atoms with Gasteiger partial charge in [-0.05, 0) is 25.3 Å². The second-order valence-electron chi connectivity index (χ2n) is 4.99. The third kappa shape index (κ3) is 4.36. The highest BCUT2D eigenvalue weighted by Crippen LogP contribution is 2.21. The number of ketones is 1. The number of piperidine rings is 1. The summed E-state index contributed by atoms with van der Waals surface area (Å²) in [6.07, 6.45) is 1.84. The second kappa shape index (κ2) is 7.11. The van der Waals surface area contributed by atoms with E-state index in [1.54, 1.807) is 6.92 Å². The van der Waals surface area contributed by atoms with Crippen LogP contribution in [0.15, 0.2) is 30.3 Å². The number of carbonyl (C=O) groups excluding carboxylic acids is 1. The van der Waals surface area contributed by atoms with E-state index in [0.717, 1.165) is 24.9 Å². The molecular formula is C14H21N2O2P. The Kier molecular flexibility index (Phi) is 5.46. The van der Waals surface area contributed by atoms with Crippen molar-refractivity contribution in [3.8, 4) is 0 Å². The van der Waals surface area contributed by atoms with Crippen LogP contribution in [0.25, 0.3) is 0 Å². The van der Waals surface area contributed by atoms with Crippen molar-refractivity contribution in [1.29, 1.82) is 0 Å². The van der Waals surface area contributed by atoms with E-state index in [9.17, 15) is 4.79 Å². The van der Waals surface area contributed by atoms with Gasteiger partial charge < -0.3 is 0 Å². The molecule has 1 N–H and O–H groups in total. The predicted molar refractivity (Wildman–Crippen MR) is 78.3 cm³/mol. The van der Waals surface area contributed by atoms with Crippen LogP contribution in [0.4, 0.5) is 0 Å². The monoisotopic (exact) mass is 280 g/mol. The van der Waals surface area contributed by atoms with E-state index in [-0.39, 0.29) is 17.9 Å². The van der Waals surface area contributed by atoms with Crippen molar-refractivity contribution in [2.24, 2.45) is 0 Å². The average Bonchev–Trinajstić information content (AvgIpc) is 2.39. The maximum absolute atomic E-state index is 11.4. The Morgan fingerprint density at radius 3 is 2.79 bits per heavy atom. The summed E-state index contributed by atoms with van der Waals surface area (Å²) < 4.78 is 2.02. The molecule has 0 saturated carbocycles. The number of carbonyl (C=O) groups is 1. The molecule has 19 heavy (non-hydrogen) atoms. The van der Waals surface area contributed by atoms with Gasteiger partial charge in [0.05, 0.1) is 12.6 Å². The fourth-order valence-corrected chi connectivity index (χ4v) is 2.96. The quantitative estimate of drug-likeness (QED) is 0.661. The van der Waals surface area contributed by atoms with Crippen LogP contribution in [-0.4, -0.2) is 29.1 Å². The van der Waals surface area contributed by atoms with Crippen LogP contribution in [0, 0.1) is 0 Å². The molecule has 5 heteroatoms. The lowest BCUT2D eigenvalue weighted by atomic mass is 9.99. The molecule has 2 rings (SSSR count). The summed E-state index contributed by atoms with van der Waals surface area (Å²) in [5.74, 6) is 0.235. The first-order valence-corrected chi connectivity index (χ1v) is 7.11. The Morgan fingerprint density at radius 1 is 1.42 bits per heavy atom. The van der Waals surface area contributed by atoms with E-state index >= 15 is 0 Å². The summed E-state index contributed by atoms with van der Waals surface area (Å²) in [4.78, 5) is 16.9. The molecule has 0 radical (unpaired) electrons. The molecule has 1 aliphatic heterocycles. The zero-order chi connectivity index (χ0) is 13.7. The molecule has 1 aromatic rings. The van der Waals surface area contributed by atoms with E-state index in [0.29, 0.717) is 6.61 Å². The van der Waals surface area contributed by atoms with Crippen LogP contribution in [0.1, 0.15) is 25.3 Å². The molecule has 1 unspecified atom stereocenters. The lowest BCUT2D eigenvalue weighted by molar-refractivity contribution is -0.122. The topological polar surface area (TPSA) is 41.6 Å². The molecule has 4 nitrogen and oxygen atoms in total. The lowest BCUT2D eigenvalue weighted by Crippen LogP contribution is -2.48. The molecule has 0 spiro atoms. The Morgan fingerprint density at radius 2 is 2.16 bits per heavy atom. The van der Waals surface area contributed by atoms with Crippen molar-refractivity contribution in [2.75, 3.05) is 6.54 Å². The molecule has 1 aromatic carbocycles. The van der Waals surface area contributed by atoms with E-state index in [2.05, 4.69) is 14.9 Å². The molecule has 1 heterocycles. The third-order valence-electron chi connectivity index (χ3n) is 3.42. The number of nitrogens with one attached hydrogen (secondary N) is 1. The number of hydrogen-bond donors (Lipinski definition) is 1. The van der Waals surface area contributed by atoms with Gasteiger partial charge in [-0.15, -0.1) is 0 Å². The summed E-state index contributed by atoms with van der Waals surface area (Å²) in [6.45, 7) is 3.02. The van der Waals surface area contributed by atoms with Crippen LogP contribution in [0.3, 0.4) is 0 Å². The molecule has 0 bridgehead atoms. The summed E-state index contributed by atoms with van der Waals surface area (Å²) >= 11 is 0. The average molecular weight is 280 g/mol. The van der Waals surface area contributed by atoms with Gasteiger partial charge >= 0.3 is 0 Å². The van der Waals surface area contributed by atoms with E-state index in [1.807, 2.05) is 35.0 Å². The van der Waals surface area contributed by atoms with Gasteiger partial charge in [-0.2, -0.15) is 5.48 Å². The molecule has 0 aromatic heterocycles. The van der Waals surface area contributed by atoms with E-state index in [1.165, 1.54) is 0 Å². The van der Waals surface area contributed by atoms with Gasteiger partial charge in [-0.25, -0.2) is 0 Å². The van der Waals surface area contributed by atoms with Gasteiger partial charge in [0.2, 0.25) is 0 Å². The highest BCUT2D eigenvalue weighted by atomic mass is 31.0. The normalized spacial score (nSPS) is 24.3. The highest BCUT2D eigenvalue weighted by molar-refractivity contribution is 7.13. The first kappa shape index (κ1) is 14.6. The summed E-state index contributed by atoms with van der Waals surface area (Å²) in [5, 5.41) is 0. The second-order valence-corrected chi connectivity index (χ2v) is 5.65. The standard InChI is InChI=1S/C14H21N2O2P/c1-11(17)14-8-7-13(9-16(14)19)15-18-10-12-5-3-2-4-6-12/h2-6,13-15H,7-10,19H2,1H3/t13-,14+/m1/s1. The third-order valence-corrected chi connectivity index (χ3v) is 3.99. The number of Topliss-reactive ketones (excluding diaryl/α,β-unsaturated/α-hetero) is 1. The van der Waals surface area contributed by atoms with Crippen molar-refractivity contribution in [2.45, 2.75) is 38.5 Å². The Labute approximate surface area is 116 Å². The number of nitrogens with zero attached hydrogens (tertiary/aromatic N) is 1. The van der Waals surface area contributed by atoms with Crippen LogP contribution in [-0.2, 0) is 16.2 Å². The van der Waals surface area contributed by atoms with E-state index in [4.69, 9.17) is 4.84 Å². The SMILES string of the molecule is CC(=O)[C@@H]1CC[C@@H](NOCc2ccccc2)CN1P. The van der Waals surface area contributed by atoms with Gasteiger partial charge in [0.15, 0.2) is 0 Å². The van der Waals surface area contributed by atoms with Gasteiger partial charge in [-0.1, -0.05) is 39.7 Å². The molecule has 104 valence electrons. The Bertz CT molecular complexity index is 413. The number of rotatable bonds is 5. The molecule has 1 aliphatic rings. The van der Waals surface area contributed by atoms with Crippen LogP contribution >= 0.6 is 9.39 Å². The maximum Gasteiger partial charge on any atom is 0.147 e. The van der Waals surface area contributed by atoms with E-state index < -0.39 is 0 Å². The van der Waals surface area contributed by atoms with Crippen LogP contribution < -0.4 is 5.48 Å². The minimum Gasteiger partial charge on any atom is -0.298 e. The molecule has 0 aliphatic carbocycles. The fraction of sp³-hybridized carbons (Fsp3) is 0.500. The van der Waals surface area contributed by atoms with Crippen LogP contribution in [0.2, 0.25) is 0 Å². The zero-order valence-corrected chi connectivity index (χ0v) is 12.4. The summed E-state index contributed by atoms with van der Waals surface area (Å²) in [6, 6.07) is 10.4. The van der Waals surface area contributed by atoms with Crippen molar-refractivity contribution in [1.82, 2.24) is 10.2 Å². The lowest BCUT2D eigenvalue weighted by Gasteiger charge is -2.35. The highest BCUT2D eigenvalue weighted by Gasteiger charge is 2.28. The molecule has 3 atom stereocenters. The summed E-state index contributed by atoms with van der Waals surface area (Å²) in [7, 11) is 2.64. The fourth-order valence-electron chi connectivity index (χ4n) is 2.35. The first-order valence-electron chi connectivity index (χ1n) is 6.60. The Hall–Kier alpha value is -0.800. The predicted octanol–water partition coefficient (Wildman–Crippen LogP) is 1.92. The van der Waals surface area contributed by atoms with Gasteiger partial charge in [0, 0.05) is 12.6 Å². The molecule has 0 amide bonds. The van der Waals surface area contributed by atoms with Gasteiger partial charge in [-0.3, -0.25) is 14.3 Å². The summed E-state index contributed by atoms with van der Waals surface area (Å²) in [5.41, 5.74) is 4.24.